The van der Waals surface area contributed by atoms with Crippen molar-refractivity contribution >= 4 is 0 Å². The van der Waals surface area contributed by atoms with Crippen LogP contribution in [0.2, 0.25) is 0 Å². The Bertz CT molecular complexity index is 326. The van der Waals surface area contributed by atoms with Crippen molar-refractivity contribution < 1.29 is 4.74 Å². The lowest BCUT2D eigenvalue weighted by Gasteiger charge is -2.49. The van der Waals surface area contributed by atoms with Gasteiger partial charge in [0.2, 0.25) is 0 Å². The lowest BCUT2D eigenvalue weighted by molar-refractivity contribution is 0.0144. The van der Waals surface area contributed by atoms with Gasteiger partial charge in [0.15, 0.2) is 0 Å². The Hall–Kier alpha value is -0.120. The van der Waals surface area contributed by atoms with E-state index < -0.39 is 0 Å². The standard InChI is InChI=1S/C15H26N2O/c1-11-9-16-15(6-2-3-7-15)10-17(11)13-8-12-4-5-14(13)18-12/h11-14,16H,2-10H2,1H3. The Balaban J connectivity index is 1.52. The molecule has 3 heteroatoms. The number of hydrogen-bond donors (Lipinski definition) is 1. The molecular formula is C15H26N2O. The molecule has 2 bridgehead atoms. The second-order valence-corrected chi connectivity index (χ2v) is 7.07. The smallest absolute Gasteiger partial charge is 0.0736 e. The zero-order valence-corrected chi connectivity index (χ0v) is 11.5. The fraction of sp³-hybridized carbons (Fsp3) is 1.00. The molecule has 1 spiro atoms. The number of piperazine rings is 1. The molecule has 0 aromatic heterocycles. The van der Waals surface area contributed by atoms with E-state index in [0.717, 1.165) is 6.04 Å². The zero-order chi connectivity index (χ0) is 12.2. The number of ether oxygens (including phenoxy) is 1. The Morgan fingerprint density at radius 3 is 2.72 bits per heavy atom. The summed E-state index contributed by atoms with van der Waals surface area (Å²) in [6, 6.07) is 1.41. The average Bonchev–Trinajstić information content (AvgIpc) is 3.09. The quantitative estimate of drug-likeness (QED) is 0.769. The molecule has 1 saturated carbocycles. The largest absolute Gasteiger partial charge is 0.373 e. The minimum Gasteiger partial charge on any atom is -0.373 e. The Morgan fingerprint density at radius 1 is 1.22 bits per heavy atom. The van der Waals surface area contributed by atoms with Gasteiger partial charge in [-0.05, 0) is 39.0 Å². The molecule has 1 N–H and O–H groups in total. The van der Waals surface area contributed by atoms with Crippen LogP contribution in [-0.2, 0) is 4.74 Å². The van der Waals surface area contributed by atoms with Crippen LogP contribution < -0.4 is 5.32 Å². The van der Waals surface area contributed by atoms with E-state index in [-0.39, 0.29) is 0 Å². The van der Waals surface area contributed by atoms with Crippen molar-refractivity contribution in [3.05, 3.63) is 0 Å². The second-order valence-electron chi connectivity index (χ2n) is 7.07. The van der Waals surface area contributed by atoms with Crippen LogP contribution in [0, 0.1) is 0 Å². The third-order valence-corrected chi connectivity index (χ3v) is 5.88. The fourth-order valence-corrected chi connectivity index (χ4v) is 4.83. The molecule has 3 aliphatic heterocycles. The topological polar surface area (TPSA) is 24.5 Å². The van der Waals surface area contributed by atoms with Gasteiger partial charge in [0.25, 0.3) is 0 Å². The van der Waals surface area contributed by atoms with Gasteiger partial charge in [0, 0.05) is 30.7 Å². The fourth-order valence-electron chi connectivity index (χ4n) is 4.83. The summed E-state index contributed by atoms with van der Waals surface area (Å²) in [6.45, 7) is 4.83. The first-order valence-corrected chi connectivity index (χ1v) is 7.92. The molecule has 0 aromatic carbocycles. The highest BCUT2D eigenvalue weighted by atomic mass is 16.5. The molecule has 102 valence electrons. The van der Waals surface area contributed by atoms with Crippen LogP contribution >= 0.6 is 0 Å². The molecule has 4 rings (SSSR count). The highest BCUT2D eigenvalue weighted by molar-refractivity contribution is 5.05. The normalized spacial score (nSPS) is 47.2. The van der Waals surface area contributed by atoms with Crippen LogP contribution in [0.25, 0.3) is 0 Å². The molecule has 3 nitrogen and oxygen atoms in total. The van der Waals surface area contributed by atoms with Gasteiger partial charge < -0.3 is 10.1 Å². The number of fused-ring (bicyclic) bond motifs is 2. The van der Waals surface area contributed by atoms with Crippen LogP contribution in [-0.4, -0.2) is 47.8 Å². The van der Waals surface area contributed by atoms with Crippen molar-refractivity contribution in [2.24, 2.45) is 0 Å². The molecule has 4 fully saturated rings. The van der Waals surface area contributed by atoms with E-state index in [1.165, 1.54) is 58.0 Å². The molecule has 1 aliphatic carbocycles. The maximum atomic E-state index is 6.08. The molecule has 3 heterocycles. The number of rotatable bonds is 1. The van der Waals surface area contributed by atoms with E-state index in [4.69, 9.17) is 4.74 Å². The van der Waals surface area contributed by atoms with Crippen LogP contribution in [0.1, 0.15) is 51.9 Å². The minimum absolute atomic E-state index is 0.453. The summed E-state index contributed by atoms with van der Waals surface area (Å²) in [5.41, 5.74) is 0.453. The second kappa shape index (κ2) is 4.19. The zero-order valence-electron chi connectivity index (χ0n) is 11.5. The summed E-state index contributed by atoms with van der Waals surface area (Å²) in [5, 5.41) is 3.86. The van der Waals surface area contributed by atoms with Crippen molar-refractivity contribution in [3.8, 4) is 0 Å². The van der Waals surface area contributed by atoms with Crippen LogP contribution in [0.5, 0.6) is 0 Å². The number of hydrogen-bond acceptors (Lipinski definition) is 3. The highest BCUT2D eigenvalue weighted by Gasteiger charge is 2.48. The van der Waals surface area contributed by atoms with Gasteiger partial charge in [-0.15, -0.1) is 0 Å². The summed E-state index contributed by atoms with van der Waals surface area (Å²) in [7, 11) is 0. The lowest BCUT2D eigenvalue weighted by atomic mass is 9.87. The van der Waals surface area contributed by atoms with E-state index in [0.29, 0.717) is 23.8 Å². The molecule has 4 atom stereocenters. The van der Waals surface area contributed by atoms with Crippen LogP contribution in [0.3, 0.4) is 0 Å². The molecular weight excluding hydrogens is 224 g/mol. The Labute approximate surface area is 110 Å². The molecule has 3 saturated heterocycles. The van der Waals surface area contributed by atoms with Gasteiger partial charge in [0.05, 0.1) is 12.2 Å². The average molecular weight is 250 g/mol. The molecule has 0 radical (unpaired) electrons. The minimum atomic E-state index is 0.453. The molecule has 0 aromatic rings. The van der Waals surface area contributed by atoms with Crippen molar-refractivity contribution in [1.82, 2.24) is 10.2 Å². The van der Waals surface area contributed by atoms with Gasteiger partial charge in [-0.3, -0.25) is 4.90 Å². The van der Waals surface area contributed by atoms with Crippen LogP contribution in [0.4, 0.5) is 0 Å². The summed E-state index contributed by atoms with van der Waals surface area (Å²) < 4.78 is 6.08. The summed E-state index contributed by atoms with van der Waals surface area (Å²) >= 11 is 0. The third-order valence-electron chi connectivity index (χ3n) is 5.88. The maximum Gasteiger partial charge on any atom is 0.0736 e. The van der Waals surface area contributed by atoms with E-state index in [9.17, 15) is 0 Å². The van der Waals surface area contributed by atoms with E-state index >= 15 is 0 Å². The van der Waals surface area contributed by atoms with Crippen molar-refractivity contribution in [2.45, 2.75) is 81.7 Å². The predicted octanol–water partition coefficient (Wildman–Crippen LogP) is 1.91. The highest BCUT2D eigenvalue weighted by Crippen LogP contribution is 2.41. The first-order chi connectivity index (χ1) is 8.76. The van der Waals surface area contributed by atoms with Crippen molar-refractivity contribution in [3.63, 3.8) is 0 Å². The van der Waals surface area contributed by atoms with Gasteiger partial charge in [-0.2, -0.15) is 0 Å². The SMILES string of the molecule is CC1CNC2(CCCC2)CN1C1CC2CCC1O2. The predicted molar refractivity (Wildman–Crippen MR) is 71.7 cm³/mol. The van der Waals surface area contributed by atoms with E-state index in [1.807, 2.05) is 0 Å². The molecule has 4 aliphatic rings. The first kappa shape index (κ1) is 11.7. The summed E-state index contributed by atoms with van der Waals surface area (Å²) in [4.78, 5) is 2.80. The number of nitrogens with one attached hydrogen (secondary N) is 1. The van der Waals surface area contributed by atoms with Gasteiger partial charge in [-0.25, -0.2) is 0 Å². The van der Waals surface area contributed by atoms with E-state index in [1.54, 1.807) is 0 Å². The van der Waals surface area contributed by atoms with Crippen molar-refractivity contribution in [2.75, 3.05) is 13.1 Å². The van der Waals surface area contributed by atoms with Crippen LogP contribution in [0.15, 0.2) is 0 Å². The molecule has 4 unspecified atom stereocenters. The number of nitrogens with zero attached hydrogens (tertiary/aromatic N) is 1. The van der Waals surface area contributed by atoms with E-state index in [2.05, 4.69) is 17.1 Å². The third kappa shape index (κ3) is 1.75. The molecule has 18 heavy (non-hydrogen) atoms. The monoisotopic (exact) mass is 250 g/mol. The summed E-state index contributed by atoms with van der Waals surface area (Å²) in [5.74, 6) is 0. The summed E-state index contributed by atoms with van der Waals surface area (Å²) in [6.07, 6.45) is 10.7. The Kier molecular flexibility index (Phi) is 2.72. The van der Waals surface area contributed by atoms with Gasteiger partial charge in [-0.1, -0.05) is 12.8 Å². The Morgan fingerprint density at radius 2 is 2.06 bits per heavy atom. The first-order valence-electron chi connectivity index (χ1n) is 7.92. The van der Waals surface area contributed by atoms with Gasteiger partial charge in [0.1, 0.15) is 0 Å². The van der Waals surface area contributed by atoms with Crippen molar-refractivity contribution in [1.29, 1.82) is 0 Å². The maximum absolute atomic E-state index is 6.08. The molecule has 0 amide bonds. The van der Waals surface area contributed by atoms with Gasteiger partial charge >= 0.3 is 0 Å². The lowest BCUT2D eigenvalue weighted by Crippen LogP contribution is -2.65.